The lowest BCUT2D eigenvalue weighted by molar-refractivity contribution is -0.134. The summed E-state index contributed by atoms with van der Waals surface area (Å²) >= 11 is 0. The van der Waals surface area contributed by atoms with Crippen LogP contribution >= 0.6 is 0 Å². The fraction of sp³-hybridized carbons (Fsp3) is 0.583. The molecule has 30 heavy (non-hydrogen) atoms. The number of carbonyl (C=O) groups is 1. The minimum absolute atomic E-state index is 0.0538. The predicted molar refractivity (Wildman–Crippen MR) is 116 cm³/mol. The van der Waals surface area contributed by atoms with Crippen molar-refractivity contribution in [2.45, 2.75) is 51.5 Å². The third-order valence-corrected chi connectivity index (χ3v) is 6.69. The molecule has 1 aliphatic carbocycles. The number of likely N-dealkylation sites (tertiary alicyclic amines) is 1. The van der Waals surface area contributed by atoms with Crippen LogP contribution in [0, 0.1) is 11.8 Å². The molecule has 0 radical (unpaired) electrons. The average molecular weight is 412 g/mol. The number of hydrogen-bond acceptors (Lipinski definition) is 4. The number of aliphatic hydroxyl groups is 1. The molecule has 1 saturated carbocycles. The maximum Gasteiger partial charge on any atom is 0.260 e. The van der Waals surface area contributed by atoms with Gasteiger partial charge in [-0.2, -0.15) is 0 Å². The summed E-state index contributed by atoms with van der Waals surface area (Å²) in [7, 11) is 0. The zero-order valence-electron chi connectivity index (χ0n) is 17.9. The number of hydrogen-bond donors (Lipinski definition) is 1. The van der Waals surface area contributed by atoms with Gasteiger partial charge in [-0.25, -0.2) is 4.98 Å². The highest BCUT2D eigenvalue weighted by Gasteiger charge is 2.26. The minimum Gasteiger partial charge on any atom is -0.483 e. The zero-order valence-corrected chi connectivity index (χ0v) is 17.9. The summed E-state index contributed by atoms with van der Waals surface area (Å²) in [5.41, 5.74) is 0.911. The second-order valence-electron chi connectivity index (χ2n) is 8.88. The molecule has 0 spiro atoms. The summed E-state index contributed by atoms with van der Waals surface area (Å²) < 4.78 is 8.22. The maximum absolute atomic E-state index is 12.6. The van der Waals surface area contributed by atoms with Crippen LogP contribution < -0.4 is 4.74 Å². The zero-order chi connectivity index (χ0) is 20.9. The monoisotopic (exact) mass is 411 g/mol. The van der Waals surface area contributed by atoms with Crippen molar-refractivity contribution in [3.63, 3.8) is 0 Å². The predicted octanol–water partition coefficient (Wildman–Crippen LogP) is 3.91. The van der Waals surface area contributed by atoms with Crippen molar-refractivity contribution in [2.75, 3.05) is 26.3 Å². The number of rotatable bonds is 6. The smallest absolute Gasteiger partial charge is 0.260 e. The summed E-state index contributed by atoms with van der Waals surface area (Å²) in [6, 6.07) is 8.16. The fourth-order valence-electron chi connectivity index (χ4n) is 4.76. The van der Waals surface area contributed by atoms with Crippen molar-refractivity contribution < 1.29 is 14.6 Å². The molecule has 2 heterocycles. The lowest BCUT2D eigenvalue weighted by Crippen LogP contribution is -2.40. The molecule has 1 aliphatic heterocycles. The van der Waals surface area contributed by atoms with Gasteiger partial charge < -0.3 is 19.3 Å². The van der Waals surface area contributed by atoms with Crippen LogP contribution in [0.15, 0.2) is 36.7 Å². The molecular formula is C24H33N3O3. The standard InChI is InChI=1S/C24H33N3O3/c1-18-9-12-26(13-10-18)23(29)17-30-22-8-3-2-7-21(22)24-25-11-14-27(24)20-6-4-5-19(15-20)16-28/h2-3,7-8,11,14,18-20,28H,4-6,9-10,12-13,15-17H2,1H3/t19-,20+/m0/s1. The quantitative estimate of drug-likeness (QED) is 0.783. The van der Waals surface area contributed by atoms with Crippen molar-refractivity contribution in [1.29, 1.82) is 0 Å². The molecule has 6 nitrogen and oxygen atoms in total. The van der Waals surface area contributed by atoms with E-state index in [2.05, 4.69) is 16.5 Å². The van der Waals surface area contributed by atoms with E-state index in [9.17, 15) is 9.90 Å². The highest BCUT2D eigenvalue weighted by Crippen LogP contribution is 2.37. The second kappa shape index (κ2) is 9.65. The number of benzene rings is 1. The molecule has 2 aliphatic rings. The number of amides is 1. The normalized spacial score (nSPS) is 22.8. The van der Waals surface area contributed by atoms with Gasteiger partial charge in [-0.05, 0) is 56.1 Å². The SMILES string of the molecule is CC1CCN(C(=O)COc2ccccc2-c2nccn2[C@@H]2CCC[C@H](CO)C2)CC1. The molecule has 2 aromatic rings. The van der Waals surface area contributed by atoms with E-state index < -0.39 is 0 Å². The number of para-hydroxylation sites is 1. The van der Waals surface area contributed by atoms with Crippen LogP contribution in [0.1, 0.15) is 51.5 Å². The van der Waals surface area contributed by atoms with Crippen LogP contribution in [0.25, 0.3) is 11.4 Å². The van der Waals surface area contributed by atoms with Crippen LogP contribution in [0.2, 0.25) is 0 Å². The minimum atomic E-state index is 0.0538. The largest absolute Gasteiger partial charge is 0.483 e. The van der Waals surface area contributed by atoms with Gasteiger partial charge in [0.05, 0.1) is 5.56 Å². The first kappa shape index (κ1) is 20.9. The Balaban J connectivity index is 1.48. The Morgan fingerprint density at radius 1 is 1.20 bits per heavy atom. The van der Waals surface area contributed by atoms with Gasteiger partial charge in [0, 0.05) is 38.1 Å². The number of ether oxygens (including phenoxy) is 1. The fourth-order valence-corrected chi connectivity index (χ4v) is 4.76. The topological polar surface area (TPSA) is 67.6 Å². The summed E-state index contributed by atoms with van der Waals surface area (Å²) in [6.07, 6.45) is 10.3. The van der Waals surface area contributed by atoms with E-state index in [1.807, 2.05) is 41.6 Å². The first-order valence-corrected chi connectivity index (χ1v) is 11.3. The summed E-state index contributed by atoms with van der Waals surface area (Å²) in [4.78, 5) is 19.2. The van der Waals surface area contributed by atoms with Crippen LogP contribution in [0.5, 0.6) is 5.75 Å². The van der Waals surface area contributed by atoms with Crippen LogP contribution in [0.4, 0.5) is 0 Å². The van der Waals surface area contributed by atoms with Gasteiger partial charge in [0.2, 0.25) is 0 Å². The first-order chi connectivity index (χ1) is 14.7. The Labute approximate surface area is 178 Å². The molecule has 4 rings (SSSR count). The first-order valence-electron chi connectivity index (χ1n) is 11.3. The lowest BCUT2D eigenvalue weighted by atomic mass is 9.86. The van der Waals surface area contributed by atoms with Crippen LogP contribution in [-0.2, 0) is 4.79 Å². The molecule has 1 N–H and O–H groups in total. The van der Waals surface area contributed by atoms with Crippen LogP contribution in [0.3, 0.4) is 0 Å². The van der Waals surface area contributed by atoms with Gasteiger partial charge in [-0.1, -0.05) is 25.5 Å². The van der Waals surface area contributed by atoms with Crippen molar-refractivity contribution >= 4 is 5.91 Å². The van der Waals surface area contributed by atoms with E-state index in [-0.39, 0.29) is 19.1 Å². The molecule has 162 valence electrons. The van der Waals surface area contributed by atoms with Crippen molar-refractivity contribution in [1.82, 2.24) is 14.5 Å². The molecule has 2 fully saturated rings. The van der Waals surface area contributed by atoms with E-state index in [0.29, 0.717) is 23.6 Å². The van der Waals surface area contributed by atoms with E-state index in [1.165, 1.54) is 0 Å². The third kappa shape index (κ3) is 4.69. The summed E-state index contributed by atoms with van der Waals surface area (Å²) in [5.74, 6) is 2.67. The maximum atomic E-state index is 12.6. The van der Waals surface area contributed by atoms with Crippen LogP contribution in [-0.4, -0.2) is 51.8 Å². The highest BCUT2D eigenvalue weighted by molar-refractivity contribution is 5.78. The number of nitrogens with zero attached hydrogens (tertiary/aromatic N) is 3. The van der Waals surface area contributed by atoms with E-state index in [4.69, 9.17) is 4.74 Å². The summed E-state index contributed by atoms with van der Waals surface area (Å²) in [6.45, 7) is 4.19. The Bertz CT molecular complexity index is 842. The van der Waals surface area contributed by atoms with Gasteiger partial charge in [-0.3, -0.25) is 4.79 Å². The Hall–Kier alpha value is -2.34. The van der Waals surface area contributed by atoms with Gasteiger partial charge in [0.15, 0.2) is 6.61 Å². The Kier molecular flexibility index (Phi) is 6.72. The number of piperidine rings is 1. The van der Waals surface area contributed by atoms with E-state index in [1.54, 1.807) is 0 Å². The molecule has 1 aromatic carbocycles. The molecule has 2 atom stereocenters. The second-order valence-corrected chi connectivity index (χ2v) is 8.88. The lowest BCUT2D eigenvalue weighted by Gasteiger charge is -2.30. The molecule has 1 aromatic heterocycles. The van der Waals surface area contributed by atoms with Crippen molar-refractivity contribution in [2.24, 2.45) is 11.8 Å². The Morgan fingerprint density at radius 3 is 2.80 bits per heavy atom. The molecule has 6 heteroatoms. The molecule has 0 bridgehead atoms. The van der Waals surface area contributed by atoms with Crippen molar-refractivity contribution in [3.8, 4) is 17.1 Å². The number of carbonyl (C=O) groups excluding carboxylic acids is 1. The van der Waals surface area contributed by atoms with E-state index >= 15 is 0 Å². The number of aromatic nitrogens is 2. The van der Waals surface area contributed by atoms with Gasteiger partial charge in [0.1, 0.15) is 11.6 Å². The van der Waals surface area contributed by atoms with Gasteiger partial charge in [-0.15, -0.1) is 0 Å². The van der Waals surface area contributed by atoms with Gasteiger partial charge in [0.25, 0.3) is 5.91 Å². The molecule has 0 unspecified atom stereocenters. The Morgan fingerprint density at radius 2 is 2.00 bits per heavy atom. The number of aliphatic hydroxyl groups excluding tert-OH is 1. The highest BCUT2D eigenvalue weighted by atomic mass is 16.5. The molecule has 1 amide bonds. The molecular weight excluding hydrogens is 378 g/mol. The van der Waals surface area contributed by atoms with Crippen molar-refractivity contribution in [3.05, 3.63) is 36.7 Å². The third-order valence-electron chi connectivity index (χ3n) is 6.69. The average Bonchev–Trinajstić information content (AvgIpc) is 3.28. The molecule has 1 saturated heterocycles. The summed E-state index contributed by atoms with van der Waals surface area (Å²) in [5, 5.41) is 9.60. The van der Waals surface area contributed by atoms with Gasteiger partial charge >= 0.3 is 0 Å². The van der Waals surface area contributed by atoms with E-state index in [0.717, 1.165) is 63.0 Å². The number of imidazole rings is 1.